The van der Waals surface area contributed by atoms with Gasteiger partial charge in [0.2, 0.25) is 5.91 Å². The summed E-state index contributed by atoms with van der Waals surface area (Å²) in [5.74, 6) is 1.33. The molecule has 3 aromatic heterocycles. The van der Waals surface area contributed by atoms with Gasteiger partial charge in [-0.3, -0.25) is 4.79 Å². The van der Waals surface area contributed by atoms with Crippen LogP contribution in [-0.2, 0) is 24.3 Å². The second-order valence-corrected chi connectivity index (χ2v) is 8.60. The molecule has 0 saturated carbocycles. The highest BCUT2D eigenvalue weighted by Gasteiger charge is 2.17. The molecular formula is C22H22N6O3S. The van der Waals surface area contributed by atoms with Crippen molar-refractivity contribution in [3.8, 4) is 22.2 Å². The molecule has 0 atom stereocenters. The van der Waals surface area contributed by atoms with E-state index < -0.39 is 5.76 Å². The fraction of sp³-hybridized carbons (Fsp3) is 0.318. The molecule has 9 nitrogen and oxygen atoms in total. The Morgan fingerprint density at radius 2 is 2.09 bits per heavy atom. The number of fused-ring (bicyclic) bond motifs is 1. The van der Waals surface area contributed by atoms with E-state index in [9.17, 15) is 9.59 Å². The highest BCUT2D eigenvalue weighted by atomic mass is 32.1. The number of benzene rings is 1. The summed E-state index contributed by atoms with van der Waals surface area (Å²) in [5, 5.41) is 17.7. The predicted molar refractivity (Wildman–Crippen MR) is 120 cm³/mol. The summed E-state index contributed by atoms with van der Waals surface area (Å²) in [6.45, 7) is 1.05. The molecule has 164 valence electrons. The third kappa shape index (κ3) is 4.26. The van der Waals surface area contributed by atoms with E-state index in [2.05, 4.69) is 25.2 Å². The Morgan fingerprint density at radius 3 is 2.97 bits per heavy atom. The number of hydrogen-bond donors (Lipinski definition) is 1. The molecule has 0 unspecified atom stereocenters. The Morgan fingerprint density at radius 1 is 1.16 bits per heavy atom. The van der Waals surface area contributed by atoms with Gasteiger partial charge in [-0.2, -0.15) is 4.68 Å². The van der Waals surface area contributed by atoms with Crippen molar-refractivity contribution in [3.05, 3.63) is 58.2 Å². The number of carbonyl (C=O) groups is 1. The molecule has 1 aliphatic heterocycles. The lowest BCUT2D eigenvalue weighted by molar-refractivity contribution is -0.116. The van der Waals surface area contributed by atoms with Crippen LogP contribution in [0.5, 0.6) is 0 Å². The molecule has 1 N–H and O–H groups in total. The van der Waals surface area contributed by atoms with Gasteiger partial charge in [0, 0.05) is 30.6 Å². The van der Waals surface area contributed by atoms with Crippen LogP contribution < -0.4 is 11.1 Å². The first-order valence-corrected chi connectivity index (χ1v) is 11.5. The molecule has 0 radical (unpaired) electrons. The van der Waals surface area contributed by atoms with Crippen LogP contribution in [0.2, 0.25) is 0 Å². The number of anilines is 1. The van der Waals surface area contributed by atoms with Crippen molar-refractivity contribution < 1.29 is 9.21 Å². The maximum absolute atomic E-state index is 12.5. The van der Waals surface area contributed by atoms with Gasteiger partial charge in [0.1, 0.15) is 5.82 Å². The Bertz CT molecular complexity index is 1290. The first-order chi connectivity index (χ1) is 15.7. The van der Waals surface area contributed by atoms with E-state index in [4.69, 9.17) is 4.42 Å². The number of nitrogens with one attached hydrogen (secondary N) is 1. The molecule has 1 amide bonds. The number of nitrogens with zero attached hydrogens (tertiary/aromatic N) is 5. The molecule has 4 heterocycles. The summed E-state index contributed by atoms with van der Waals surface area (Å²) in [6.07, 6.45) is 4.49. The number of carbonyl (C=O) groups excluding carboxylic acids is 1. The molecule has 0 fully saturated rings. The third-order valence-electron chi connectivity index (χ3n) is 5.40. The SMILES string of the molecule is O=C(CCn1nc(-c2cccs2)oc1=O)Nc1cccc(-c2nnc3n2CCCCC3)c1. The minimum atomic E-state index is -0.573. The van der Waals surface area contributed by atoms with Crippen LogP contribution in [0.3, 0.4) is 0 Å². The van der Waals surface area contributed by atoms with E-state index >= 15 is 0 Å². The molecule has 1 aromatic carbocycles. The van der Waals surface area contributed by atoms with Crippen LogP contribution in [0.15, 0.2) is 51.0 Å². The normalized spacial score (nSPS) is 13.5. The summed E-state index contributed by atoms with van der Waals surface area (Å²) in [6, 6.07) is 11.3. The van der Waals surface area contributed by atoms with Crippen molar-refractivity contribution in [2.24, 2.45) is 0 Å². The molecule has 5 rings (SSSR count). The Labute approximate surface area is 187 Å². The standard InChI is InChI=1S/C22H22N6O3S/c29-19(10-12-28-22(30)31-21(26-28)17-8-5-13-32-17)23-16-7-4-6-15(14-16)20-25-24-18-9-2-1-3-11-27(18)20/h4-8,13-14H,1-3,9-12H2,(H,23,29). The van der Waals surface area contributed by atoms with Crippen LogP contribution >= 0.6 is 11.3 Å². The summed E-state index contributed by atoms with van der Waals surface area (Å²) in [7, 11) is 0. The zero-order chi connectivity index (χ0) is 21.9. The van der Waals surface area contributed by atoms with Crippen molar-refractivity contribution in [1.82, 2.24) is 24.5 Å². The predicted octanol–water partition coefficient (Wildman–Crippen LogP) is 3.58. The van der Waals surface area contributed by atoms with Gasteiger partial charge >= 0.3 is 5.76 Å². The number of aryl methyl sites for hydroxylation is 2. The second-order valence-electron chi connectivity index (χ2n) is 7.65. The van der Waals surface area contributed by atoms with Crippen molar-refractivity contribution in [3.63, 3.8) is 0 Å². The van der Waals surface area contributed by atoms with E-state index in [0.717, 1.165) is 47.9 Å². The van der Waals surface area contributed by atoms with Crippen molar-refractivity contribution in [2.75, 3.05) is 5.32 Å². The van der Waals surface area contributed by atoms with Gasteiger partial charge in [-0.25, -0.2) is 4.79 Å². The average molecular weight is 451 g/mol. The third-order valence-corrected chi connectivity index (χ3v) is 6.26. The number of amides is 1. The van der Waals surface area contributed by atoms with Crippen molar-refractivity contribution in [2.45, 2.75) is 45.2 Å². The molecule has 10 heteroatoms. The first kappa shape index (κ1) is 20.4. The summed E-state index contributed by atoms with van der Waals surface area (Å²) in [4.78, 5) is 25.3. The van der Waals surface area contributed by atoms with Gasteiger partial charge in [0.25, 0.3) is 5.89 Å². The molecular weight excluding hydrogens is 428 g/mol. The molecule has 0 saturated heterocycles. The van der Waals surface area contributed by atoms with Crippen LogP contribution in [0.4, 0.5) is 5.69 Å². The lowest BCUT2D eigenvalue weighted by atomic mass is 10.2. The largest absolute Gasteiger partial charge is 0.437 e. The monoisotopic (exact) mass is 450 g/mol. The van der Waals surface area contributed by atoms with Crippen molar-refractivity contribution >= 4 is 22.9 Å². The highest BCUT2D eigenvalue weighted by molar-refractivity contribution is 7.13. The van der Waals surface area contributed by atoms with E-state index in [0.29, 0.717) is 5.69 Å². The molecule has 0 bridgehead atoms. The Balaban J connectivity index is 1.25. The van der Waals surface area contributed by atoms with Crippen molar-refractivity contribution in [1.29, 1.82) is 0 Å². The lowest BCUT2D eigenvalue weighted by Crippen LogP contribution is -2.21. The molecule has 1 aliphatic rings. The minimum absolute atomic E-state index is 0.0981. The lowest BCUT2D eigenvalue weighted by Gasteiger charge is -2.09. The Hall–Kier alpha value is -3.53. The maximum Gasteiger partial charge on any atom is 0.437 e. The fourth-order valence-electron chi connectivity index (χ4n) is 3.81. The van der Waals surface area contributed by atoms with E-state index in [-0.39, 0.29) is 24.8 Å². The van der Waals surface area contributed by atoms with Gasteiger partial charge in [-0.15, -0.1) is 26.6 Å². The van der Waals surface area contributed by atoms with Crippen LogP contribution in [-0.4, -0.2) is 30.5 Å². The fourth-order valence-corrected chi connectivity index (χ4v) is 4.46. The zero-order valence-corrected chi connectivity index (χ0v) is 18.2. The molecule has 0 aliphatic carbocycles. The van der Waals surface area contributed by atoms with E-state index in [1.165, 1.54) is 22.4 Å². The smallest absolute Gasteiger partial charge is 0.387 e. The number of rotatable bonds is 6. The summed E-state index contributed by atoms with van der Waals surface area (Å²) >= 11 is 1.43. The maximum atomic E-state index is 12.5. The van der Waals surface area contributed by atoms with Crippen LogP contribution in [0, 0.1) is 0 Å². The van der Waals surface area contributed by atoms with Gasteiger partial charge < -0.3 is 14.3 Å². The van der Waals surface area contributed by atoms with Gasteiger partial charge in [-0.05, 0) is 36.4 Å². The Kier molecular flexibility index (Phi) is 5.68. The quantitative estimate of drug-likeness (QED) is 0.481. The molecule has 0 spiro atoms. The minimum Gasteiger partial charge on any atom is -0.387 e. The van der Waals surface area contributed by atoms with Crippen LogP contribution in [0.1, 0.15) is 31.5 Å². The second kappa shape index (κ2) is 8.91. The number of thiophene rings is 1. The van der Waals surface area contributed by atoms with E-state index in [1.54, 1.807) is 0 Å². The molecule has 32 heavy (non-hydrogen) atoms. The summed E-state index contributed by atoms with van der Waals surface area (Å²) < 4.78 is 8.53. The topological polar surface area (TPSA) is 108 Å². The van der Waals surface area contributed by atoms with E-state index in [1.807, 2.05) is 41.8 Å². The van der Waals surface area contributed by atoms with Gasteiger partial charge in [0.05, 0.1) is 11.4 Å². The van der Waals surface area contributed by atoms with Crippen LogP contribution in [0.25, 0.3) is 22.2 Å². The van der Waals surface area contributed by atoms with Gasteiger partial charge in [-0.1, -0.05) is 24.6 Å². The highest BCUT2D eigenvalue weighted by Crippen LogP contribution is 2.25. The number of hydrogen-bond acceptors (Lipinski definition) is 7. The van der Waals surface area contributed by atoms with Gasteiger partial charge in [0.15, 0.2) is 5.82 Å². The number of aromatic nitrogens is 5. The first-order valence-electron chi connectivity index (χ1n) is 10.6. The zero-order valence-electron chi connectivity index (χ0n) is 17.4. The average Bonchev–Trinajstić information content (AvgIpc) is 3.50. The molecule has 4 aromatic rings. The summed E-state index contributed by atoms with van der Waals surface area (Å²) in [5.41, 5.74) is 1.59.